The minimum atomic E-state index is -0.724. The molecule has 0 saturated carbocycles. The fourth-order valence-electron chi connectivity index (χ4n) is 2.01. The molecule has 1 amide bonds. The largest absolute Gasteiger partial charge is 0.502 e. The highest BCUT2D eigenvalue weighted by Crippen LogP contribution is 2.32. The summed E-state index contributed by atoms with van der Waals surface area (Å²) in [5.74, 6) is -0.251. The number of nitrogens with zero attached hydrogens (tertiary/aromatic N) is 2. The average molecular weight is 424 g/mol. The monoisotopic (exact) mass is 423 g/mol. The number of halogens is 1. The molecular weight excluding hydrogens is 410 g/mol. The predicted molar refractivity (Wildman–Crippen MR) is 97.1 cm³/mol. The summed E-state index contributed by atoms with van der Waals surface area (Å²) in [6, 6.07) is 7.18. The van der Waals surface area contributed by atoms with Gasteiger partial charge in [0.25, 0.3) is 5.91 Å². The van der Waals surface area contributed by atoms with Gasteiger partial charge in [-0.3, -0.25) is 14.9 Å². The van der Waals surface area contributed by atoms with Gasteiger partial charge in [0, 0.05) is 27.7 Å². The van der Waals surface area contributed by atoms with Gasteiger partial charge in [-0.2, -0.15) is 5.10 Å². The predicted octanol–water partition coefficient (Wildman–Crippen LogP) is 2.84. The Balaban J connectivity index is 2.21. The molecule has 0 unspecified atom stereocenters. The SMILES string of the molecule is COc1cc(OC)cc(C(=O)NN=Cc2cc(Br)cc([N+](=O)[O-])c2O)c1. The van der Waals surface area contributed by atoms with Crippen LogP contribution >= 0.6 is 15.9 Å². The third-order valence-electron chi connectivity index (χ3n) is 3.26. The van der Waals surface area contributed by atoms with Crippen molar-refractivity contribution >= 4 is 33.7 Å². The Morgan fingerprint density at radius 3 is 2.38 bits per heavy atom. The fourth-order valence-corrected chi connectivity index (χ4v) is 2.47. The molecule has 0 atom stereocenters. The number of carbonyl (C=O) groups is 1. The topological polar surface area (TPSA) is 123 Å². The number of hydrogen-bond donors (Lipinski definition) is 2. The molecule has 136 valence electrons. The molecule has 26 heavy (non-hydrogen) atoms. The number of nitro groups is 1. The minimum absolute atomic E-state index is 0.0644. The third kappa shape index (κ3) is 4.48. The van der Waals surface area contributed by atoms with Crippen LogP contribution in [0.4, 0.5) is 5.69 Å². The second-order valence-electron chi connectivity index (χ2n) is 4.92. The number of nitro benzene ring substituents is 1. The first-order chi connectivity index (χ1) is 12.3. The molecule has 0 aliphatic rings. The molecule has 0 aliphatic carbocycles. The molecule has 2 aromatic rings. The van der Waals surface area contributed by atoms with E-state index in [-0.39, 0.29) is 11.1 Å². The van der Waals surface area contributed by atoms with Crippen molar-refractivity contribution in [2.24, 2.45) is 5.10 Å². The maximum atomic E-state index is 12.2. The smallest absolute Gasteiger partial charge is 0.312 e. The van der Waals surface area contributed by atoms with Crippen molar-refractivity contribution in [2.45, 2.75) is 0 Å². The number of methoxy groups -OCH3 is 2. The van der Waals surface area contributed by atoms with Crippen molar-refractivity contribution in [1.29, 1.82) is 0 Å². The van der Waals surface area contributed by atoms with E-state index in [1.807, 2.05) is 0 Å². The number of hydrogen-bond acceptors (Lipinski definition) is 7. The van der Waals surface area contributed by atoms with Crippen LogP contribution in [0, 0.1) is 10.1 Å². The number of carbonyl (C=O) groups excluding carboxylic acids is 1. The van der Waals surface area contributed by atoms with Gasteiger partial charge in [0.15, 0.2) is 0 Å². The molecule has 0 bridgehead atoms. The summed E-state index contributed by atoms with van der Waals surface area (Å²) in [4.78, 5) is 22.4. The number of phenolic OH excluding ortho intramolecular Hbond substituents is 1. The van der Waals surface area contributed by atoms with Crippen LogP contribution < -0.4 is 14.9 Å². The van der Waals surface area contributed by atoms with Gasteiger partial charge in [-0.1, -0.05) is 15.9 Å². The highest BCUT2D eigenvalue weighted by molar-refractivity contribution is 9.10. The summed E-state index contributed by atoms with van der Waals surface area (Å²) in [6.45, 7) is 0. The lowest BCUT2D eigenvalue weighted by Crippen LogP contribution is -2.17. The van der Waals surface area contributed by atoms with Crippen LogP contribution in [-0.4, -0.2) is 36.4 Å². The summed E-state index contributed by atoms with van der Waals surface area (Å²) >= 11 is 3.11. The molecule has 0 heterocycles. The lowest BCUT2D eigenvalue weighted by atomic mass is 10.2. The minimum Gasteiger partial charge on any atom is -0.502 e. The molecule has 2 N–H and O–H groups in total. The van der Waals surface area contributed by atoms with Gasteiger partial charge in [-0.25, -0.2) is 5.43 Å². The van der Waals surface area contributed by atoms with E-state index >= 15 is 0 Å². The van der Waals surface area contributed by atoms with Gasteiger partial charge < -0.3 is 14.6 Å². The molecule has 0 fully saturated rings. The van der Waals surface area contributed by atoms with Crippen LogP contribution in [0.15, 0.2) is 39.9 Å². The number of ether oxygens (including phenoxy) is 2. The Morgan fingerprint density at radius 1 is 1.23 bits per heavy atom. The van der Waals surface area contributed by atoms with Crippen molar-refractivity contribution in [3.63, 3.8) is 0 Å². The number of benzene rings is 2. The van der Waals surface area contributed by atoms with Gasteiger partial charge in [0.2, 0.25) is 5.75 Å². The first kappa shape index (κ1) is 19.2. The van der Waals surface area contributed by atoms with Crippen LogP contribution in [0.25, 0.3) is 0 Å². The summed E-state index contributed by atoms with van der Waals surface area (Å²) in [5, 5.41) is 24.5. The van der Waals surface area contributed by atoms with E-state index in [1.165, 1.54) is 32.4 Å². The summed E-state index contributed by atoms with van der Waals surface area (Å²) < 4.78 is 10.6. The van der Waals surface area contributed by atoms with Crippen LogP contribution in [0.5, 0.6) is 17.2 Å². The van der Waals surface area contributed by atoms with Gasteiger partial charge in [-0.15, -0.1) is 0 Å². The van der Waals surface area contributed by atoms with E-state index in [9.17, 15) is 20.0 Å². The molecule has 0 radical (unpaired) electrons. The number of rotatable bonds is 6. The summed E-state index contributed by atoms with van der Waals surface area (Å²) in [5.41, 5.74) is 2.09. The van der Waals surface area contributed by atoms with Crippen LogP contribution in [0.1, 0.15) is 15.9 Å². The Kier molecular flexibility index (Phi) is 6.12. The molecule has 2 aromatic carbocycles. The average Bonchev–Trinajstić information content (AvgIpc) is 2.63. The lowest BCUT2D eigenvalue weighted by molar-refractivity contribution is -0.385. The van der Waals surface area contributed by atoms with Gasteiger partial charge in [-0.05, 0) is 18.2 Å². The van der Waals surface area contributed by atoms with Crippen molar-refractivity contribution in [1.82, 2.24) is 5.43 Å². The van der Waals surface area contributed by atoms with Gasteiger partial charge in [0.1, 0.15) is 11.5 Å². The summed E-state index contributed by atoms with van der Waals surface area (Å²) in [6.07, 6.45) is 1.10. The Labute approximate surface area is 156 Å². The number of amides is 1. The van der Waals surface area contributed by atoms with E-state index in [4.69, 9.17) is 9.47 Å². The maximum Gasteiger partial charge on any atom is 0.312 e. The molecule has 0 aromatic heterocycles. The zero-order valence-electron chi connectivity index (χ0n) is 13.7. The molecular formula is C16H14BrN3O6. The quantitative estimate of drug-likeness (QED) is 0.418. The highest BCUT2D eigenvalue weighted by atomic mass is 79.9. The van der Waals surface area contributed by atoms with Crippen molar-refractivity contribution in [3.05, 3.63) is 56.0 Å². The van der Waals surface area contributed by atoms with E-state index in [2.05, 4.69) is 26.5 Å². The van der Waals surface area contributed by atoms with Crippen molar-refractivity contribution in [3.8, 4) is 17.2 Å². The molecule has 10 heteroatoms. The highest BCUT2D eigenvalue weighted by Gasteiger charge is 2.17. The van der Waals surface area contributed by atoms with E-state index in [0.717, 1.165) is 12.3 Å². The molecule has 9 nitrogen and oxygen atoms in total. The first-order valence-corrected chi connectivity index (χ1v) is 7.88. The van der Waals surface area contributed by atoms with E-state index < -0.39 is 22.3 Å². The fraction of sp³-hybridized carbons (Fsp3) is 0.125. The molecule has 0 spiro atoms. The standard InChI is InChI=1S/C16H14BrN3O6/c1-25-12-4-9(5-13(7-12)26-2)16(22)19-18-8-10-3-11(17)6-14(15(10)21)20(23)24/h3-8,21H,1-2H3,(H,19,22). The molecule has 2 rings (SSSR count). The number of aromatic hydroxyl groups is 1. The van der Waals surface area contributed by atoms with Gasteiger partial charge in [0.05, 0.1) is 25.4 Å². The summed E-state index contributed by atoms with van der Waals surface area (Å²) in [7, 11) is 2.91. The second kappa shape index (κ2) is 8.30. The Morgan fingerprint density at radius 2 is 1.85 bits per heavy atom. The normalized spacial score (nSPS) is 10.6. The van der Waals surface area contributed by atoms with Crippen molar-refractivity contribution in [2.75, 3.05) is 14.2 Å². The lowest BCUT2D eigenvalue weighted by Gasteiger charge is -2.07. The molecule has 0 aliphatic heterocycles. The second-order valence-corrected chi connectivity index (χ2v) is 5.84. The van der Waals surface area contributed by atoms with Gasteiger partial charge >= 0.3 is 5.69 Å². The van der Waals surface area contributed by atoms with E-state index in [0.29, 0.717) is 16.0 Å². The molecule has 0 saturated heterocycles. The zero-order valence-corrected chi connectivity index (χ0v) is 15.3. The van der Waals surface area contributed by atoms with Crippen molar-refractivity contribution < 1.29 is 24.3 Å². The zero-order chi connectivity index (χ0) is 19.3. The number of hydrazone groups is 1. The van der Waals surface area contributed by atoms with Crippen LogP contribution in [0.2, 0.25) is 0 Å². The van der Waals surface area contributed by atoms with E-state index in [1.54, 1.807) is 6.07 Å². The number of phenols is 1. The number of nitrogens with one attached hydrogen (secondary N) is 1. The van der Waals surface area contributed by atoms with Crippen LogP contribution in [0.3, 0.4) is 0 Å². The third-order valence-corrected chi connectivity index (χ3v) is 3.72. The first-order valence-electron chi connectivity index (χ1n) is 7.09. The maximum absolute atomic E-state index is 12.2. The Bertz CT molecular complexity index is 862. The Hall–Kier alpha value is -3.14. The van der Waals surface area contributed by atoms with Crippen LogP contribution in [-0.2, 0) is 0 Å².